The number of likely N-dealkylation sites (tertiary alicyclic amines) is 1. The maximum absolute atomic E-state index is 12.4. The van der Waals surface area contributed by atoms with Crippen molar-refractivity contribution in [2.45, 2.75) is 26.4 Å². The van der Waals surface area contributed by atoms with Gasteiger partial charge in [0.1, 0.15) is 18.9 Å². The molecule has 0 N–H and O–H groups in total. The van der Waals surface area contributed by atoms with Gasteiger partial charge in [-0.15, -0.1) is 0 Å². The standard InChI is InChI=1S/C20H21NO6/c1-12(22)13-7-8-17(26-2)14(9-13)11-27-18(23)10-21-19(24)15-5-3-4-6-16(15)20(21)25/h3-4,7-9,15-16H,5-6,10-11H2,1-2H3/t15-,16-/m1/s1. The van der Waals surface area contributed by atoms with Gasteiger partial charge in [0.2, 0.25) is 11.8 Å². The number of esters is 1. The number of hydrogen-bond acceptors (Lipinski definition) is 6. The van der Waals surface area contributed by atoms with E-state index in [2.05, 4.69) is 0 Å². The van der Waals surface area contributed by atoms with Crippen molar-refractivity contribution in [3.05, 3.63) is 41.5 Å². The predicted octanol–water partition coefficient (Wildman–Crippen LogP) is 1.89. The third-order valence-electron chi connectivity index (χ3n) is 4.96. The number of nitrogens with zero attached hydrogens (tertiary/aromatic N) is 1. The minimum Gasteiger partial charge on any atom is -0.496 e. The summed E-state index contributed by atoms with van der Waals surface area (Å²) in [5, 5.41) is 0. The van der Waals surface area contributed by atoms with Crippen molar-refractivity contribution in [2.24, 2.45) is 11.8 Å². The molecule has 0 bridgehead atoms. The highest BCUT2D eigenvalue weighted by Crippen LogP contribution is 2.34. The number of carbonyl (C=O) groups excluding carboxylic acids is 4. The summed E-state index contributed by atoms with van der Waals surface area (Å²) in [6, 6.07) is 4.86. The Balaban J connectivity index is 1.64. The van der Waals surface area contributed by atoms with Crippen LogP contribution in [-0.2, 0) is 25.7 Å². The summed E-state index contributed by atoms with van der Waals surface area (Å²) in [6.45, 7) is 0.920. The molecule has 1 aromatic carbocycles. The molecule has 1 fully saturated rings. The highest BCUT2D eigenvalue weighted by Gasteiger charge is 2.47. The van der Waals surface area contributed by atoms with Crippen LogP contribution in [-0.4, -0.2) is 42.1 Å². The van der Waals surface area contributed by atoms with Crippen molar-refractivity contribution in [3.8, 4) is 5.75 Å². The molecule has 0 unspecified atom stereocenters. The molecule has 142 valence electrons. The highest BCUT2D eigenvalue weighted by atomic mass is 16.5. The fraction of sp³-hybridized carbons (Fsp3) is 0.400. The molecule has 3 rings (SSSR count). The van der Waals surface area contributed by atoms with Crippen LogP contribution in [0.4, 0.5) is 0 Å². The van der Waals surface area contributed by atoms with Crippen LogP contribution in [0.15, 0.2) is 30.4 Å². The van der Waals surface area contributed by atoms with Crippen LogP contribution in [0.3, 0.4) is 0 Å². The summed E-state index contributed by atoms with van der Waals surface area (Å²) >= 11 is 0. The number of benzene rings is 1. The predicted molar refractivity (Wildman–Crippen MR) is 94.9 cm³/mol. The minimum absolute atomic E-state index is 0.116. The van der Waals surface area contributed by atoms with E-state index in [1.807, 2.05) is 12.2 Å². The van der Waals surface area contributed by atoms with E-state index in [4.69, 9.17) is 9.47 Å². The van der Waals surface area contributed by atoms with Gasteiger partial charge in [-0.25, -0.2) is 0 Å². The first-order valence-corrected chi connectivity index (χ1v) is 8.76. The van der Waals surface area contributed by atoms with E-state index in [0.717, 1.165) is 4.90 Å². The number of methoxy groups -OCH3 is 1. The van der Waals surface area contributed by atoms with Crippen molar-refractivity contribution in [3.63, 3.8) is 0 Å². The van der Waals surface area contributed by atoms with Crippen LogP contribution in [0.2, 0.25) is 0 Å². The number of ether oxygens (including phenoxy) is 2. The van der Waals surface area contributed by atoms with Gasteiger partial charge in [-0.3, -0.25) is 24.1 Å². The lowest BCUT2D eigenvalue weighted by Crippen LogP contribution is -2.36. The zero-order valence-electron chi connectivity index (χ0n) is 15.3. The van der Waals surface area contributed by atoms with E-state index in [-0.39, 0.29) is 36.0 Å². The Kier molecular flexibility index (Phi) is 5.39. The van der Waals surface area contributed by atoms with Gasteiger partial charge in [0.15, 0.2) is 5.78 Å². The Morgan fingerprint density at radius 2 is 1.74 bits per heavy atom. The normalized spacial score (nSPS) is 21.2. The Morgan fingerprint density at radius 1 is 1.11 bits per heavy atom. The van der Waals surface area contributed by atoms with Crippen molar-refractivity contribution in [1.29, 1.82) is 0 Å². The van der Waals surface area contributed by atoms with Crippen molar-refractivity contribution < 1.29 is 28.7 Å². The number of rotatable bonds is 6. The maximum Gasteiger partial charge on any atom is 0.326 e. The maximum atomic E-state index is 12.4. The van der Waals surface area contributed by atoms with Crippen LogP contribution < -0.4 is 4.74 Å². The first-order valence-electron chi connectivity index (χ1n) is 8.76. The number of ketones is 1. The van der Waals surface area contributed by atoms with Gasteiger partial charge in [0.05, 0.1) is 18.9 Å². The monoisotopic (exact) mass is 371 g/mol. The lowest BCUT2D eigenvalue weighted by atomic mass is 9.85. The second kappa shape index (κ2) is 7.73. The molecule has 0 aromatic heterocycles. The average molecular weight is 371 g/mol. The highest BCUT2D eigenvalue weighted by molar-refractivity contribution is 6.07. The lowest BCUT2D eigenvalue weighted by molar-refractivity contribution is -0.153. The largest absolute Gasteiger partial charge is 0.496 e. The summed E-state index contributed by atoms with van der Waals surface area (Å²) in [6.07, 6.45) is 4.83. The van der Waals surface area contributed by atoms with E-state index >= 15 is 0 Å². The fourth-order valence-electron chi connectivity index (χ4n) is 3.47. The molecule has 27 heavy (non-hydrogen) atoms. The van der Waals surface area contributed by atoms with Gasteiger partial charge in [-0.1, -0.05) is 12.2 Å². The van der Waals surface area contributed by atoms with Crippen LogP contribution in [0.5, 0.6) is 5.75 Å². The molecule has 2 aliphatic rings. The minimum atomic E-state index is -0.682. The van der Waals surface area contributed by atoms with E-state index < -0.39 is 12.5 Å². The molecule has 1 aliphatic carbocycles. The quantitative estimate of drug-likeness (QED) is 0.328. The molecule has 1 heterocycles. The smallest absolute Gasteiger partial charge is 0.326 e. The molecule has 7 nitrogen and oxygen atoms in total. The van der Waals surface area contributed by atoms with Gasteiger partial charge in [0.25, 0.3) is 0 Å². The second-order valence-electron chi connectivity index (χ2n) is 6.66. The van der Waals surface area contributed by atoms with E-state index in [1.54, 1.807) is 18.2 Å². The zero-order valence-corrected chi connectivity index (χ0v) is 15.3. The number of fused-ring (bicyclic) bond motifs is 1. The second-order valence-corrected chi connectivity index (χ2v) is 6.66. The van der Waals surface area contributed by atoms with Gasteiger partial charge in [0, 0.05) is 11.1 Å². The summed E-state index contributed by atoms with van der Waals surface area (Å²) in [5.74, 6) is -1.69. The van der Waals surface area contributed by atoms with Crippen molar-refractivity contribution in [1.82, 2.24) is 4.90 Å². The number of amides is 2. The van der Waals surface area contributed by atoms with Crippen molar-refractivity contribution >= 4 is 23.6 Å². The lowest BCUT2D eigenvalue weighted by Gasteiger charge is -2.15. The number of imide groups is 1. The van der Waals surface area contributed by atoms with Crippen molar-refractivity contribution in [2.75, 3.05) is 13.7 Å². The number of Topliss-reactive ketones (excluding diaryl/α,β-unsaturated/α-hetero) is 1. The van der Waals surface area contributed by atoms with E-state index in [9.17, 15) is 19.2 Å². The zero-order chi connectivity index (χ0) is 19.6. The van der Waals surface area contributed by atoms with Crippen LogP contribution >= 0.6 is 0 Å². The topological polar surface area (TPSA) is 90.0 Å². The Bertz CT molecular complexity index is 802. The van der Waals surface area contributed by atoms with Gasteiger partial charge in [-0.2, -0.15) is 0 Å². The molecule has 7 heteroatoms. The molecule has 1 saturated heterocycles. The number of allylic oxidation sites excluding steroid dienone is 2. The van der Waals surface area contributed by atoms with Gasteiger partial charge in [-0.05, 0) is 38.0 Å². The molecular weight excluding hydrogens is 350 g/mol. The molecule has 2 atom stereocenters. The Morgan fingerprint density at radius 3 is 2.30 bits per heavy atom. The molecule has 2 amide bonds. The molecule has 0 radical (unpaired) electrons. The molecule has 0 spiro atoms. The third-order valence-corrected chi connectivity index (χ3v) is 4.96. The van der Waals surface area contributed by atoms with E-state index in [0.29, 0.717) is 29.7 Å². The van der Waals surface area contributed by atoms with Gasteiger partial charge >= 0.3 is 5.97 Å². The fourth-order valence-corrected chi connectivity index (χ4v) is 3.47. The SMILES string of the molecule is COc1ccc(C(C)=O)cc1COC(=O)CN1C(=O)[C@@H]2CC=CC[C@H]2C1=O. The van der Waals surface area contributed by atoms with E-state index in [1.165, 1.54) is 14.0 Å². The van der Waals surface area contributed by atoms with Crippen LogP contribution in [0, 0.1) is 11.8 Å². The average Bonchev–Trinajstić information content (AvgIpc) is 2.91. The summed E-state index contributed by atoms with van der Waals surface area (Å²) in [5.41, 5.74) is 1.01. The Labute approximate surface area is 156 Å². The summed E-state index contributed by atoms with van der Waals surface area (Å²) in [4.78, 5) is 49.5. The number of hydrogen-bond donors (Lipinski definition) is 0. The first kappa shape index (κ1) is 18.8. The van der Waals surface area contributed by atoms with Crippen LogP contribution in [0.1, 0.15) is 35.7 Å². The first-order chi connectivity index (χ1) is 12.9. The summed E-state index contributed by atoms with van der Waals surface area (Å²) < 4.78 is 10.4. The molecule has 0 saturated carbocycles. The molecule has 1 aliphatic heterocycles. The number of carbonyl (C=O) groups is 4. The Hall–Kier alpha value is -2.96. The van der Waals surface area contributed by atoms with Gasteiger partial charge < -0.3 is 9.47 Å². The summed E-state index contributed by atoms with van der Waals surface area (Å²) in [7, 11) is 1.48. The van der Waals surface area contributed by atoms with Crippen LogP contribution in [0.25, 0.3) is 0 Å². The molecular formula is C20H21NO6. The molecule has 1 aromatic rings. The third kappa shape index (κ3) is 3.77.